The number of hydrogen-bond donors (Lipinski definition) is 4. The van der Waals surface area contributed by atoms with Crippen molar-refractivity contribution < 1.29 is 19.8 Å². The Labute approximate surface area is 107 Å². The molecule has 1 saturated carbocycles. The SMILES string of the molecule is O=C(NCC(O)C(=O)O)NC1CCCCCCC1. The summed E-state index contributed by atoms with van der Waals surface area (Å²) in [6.45, 7) is -0.270. The molecule has 0 heterocycles. The lowest BCUT2D eigenvalue weighted by molar-refractivity contribution is -0.146. The molecule has 18 heavy (non-hydrogen) atoms. The number of amides is 2. The third-order valence-corrected chi connectivity index (χ3v) is 3.18. The summed E-state index contributed by atoms with van der Waals surface area (Å²) >= 11 is 0. The minimum atomic E-state index is -1.55. The molecule has 6 heteroatoms. The molecule has 1 unspecified atom stereocenters. The number of carbonyl (C=O) groups excluding carboxylic acids is 1. The number of carboxylic acid groups (broad SMARTS) is 1. The summed E-state index contributed by atoms with van der Waals surface area (Å²) in [5.41, 5.74) is 0. The van der Waals surface area contributed by atoms with Gasteiger partial charge in [-0.2, -0.15) is 0 Å². The molecular formula is C12H22N2O4. The van der Waals surface area contributed by atoms with Crippen molar-refractivity contribution in [3.8, 4) is 0 Å². The molecule has 4 N–H and O–H groups in total. The lowest BCUT2D eigenvalue weighted by atomic mass is 9.97. The summed E-state index contributed by atoms with van der Waals surface area (Å²) < 4.78 is 0. The molecule has 0 aromatic carbocycles. The number of urea groups is 1. The molecule has 2 amide bonds. The van der Waals surface area contributed by atoms with Crippen LogP contribution in [0.15, 0.2) is 0 Å². The summed E-state index contributed by atoms with van der Waals surface area (Å²) in [6.07, 6.45) is 6.29. The van der Waals surface area contributed by atoms with Crippen LogP contribution in [0.2, 0.25) is 0 Å². The molecule has 0 bridgehead atoms. The second-order valence-corrected chi connectivity index (χ2v) is 4.75. The van der Waals surface area contributed by atoms with Gasteiger partial charge in [-0.1, -0.05) is 32.1 Å². The number of aliphatic carboxylic acids is 1. The number of aliphatic hydroxyl groups is 1. The first-order valence-electron chi connectivity index (χ1n) is 6.55. The van der Waals surface area contributed by atoms with Crippen LogP contribution in [0.4, 0.5) is 4.79 Å². The molecule has 6 nitrogen and oxygen atoms in total. The Balaban J connectivity index is 2.23. The van der Waals surface area contributed by atoms with E-state index in [1.165, 1.54) is 19.3 Å². The number of nitrogens with one attached hydrogen (secondary N) is 2. The van der Waals surface area contributed by atoms with Crippen molar-refractivity contribution in [2.75, 3.05) is 6.54 Å². The molecule has 0 saturated heterocycles. The molecule has 0 radical (unpaired) electrons. The van der Waals surface area contributed by atoms with Crippen molar-refractivity contribution in [2.45, 2.75) is 57.1 Å². The van der Waals surface area contributed by atoms with Crippen LogP contribution < -0.4 is 10.6 Å². The highest BCUT2D eigenvalue weighted by molar-refractivity contribution is 5.76. The maximum absolute atomic E-state index is 11.5. The van der Waals surface area contributed by atoms with E-state index in [0.717, 1.165) is 25.7 Å². The summed E-state index contributed by atoms with van der Waals surface area (Å²) in [5.74, 6) is -1.33. The van der Waals surface area contributed by atoms with Gasteiger partial charge in [0.2, 0.25) is 0 Å². The van der Waals surface area contributed by atoms with Crippen molar-refractivity contribution in [3.63, 3.8) is 0 Å². The second kappa shape index (κ2) is 7.92. The smallest absolute Gasteiger partial charge is 0.334 e. The van der Waals surface area contributed by atoms with Gasteiger partial charge in [0.05, 0.1) is 6.54 Å². The zero-order valence-corrected chi connectivity index (χ0v) is 10.5. The van der Waals surface area contributed by atoms with Gasteiger partial charge in [0.15, 0.2) is 6.10 Å². The van der Waals surface area contributed by atoms with Gasteiger partial charge in [0, 0.05) is 6.04 Å². The van der Waals surface area contributed by atoms with E-state index in [1.54, 1.807) is 0 Å². The zero-order valence-electron chi connectivity index (χ0n) is 10.5. The number of rotatable bonds is 4. The molecule has 1 fully saturated rings. The Morgan fingerprint density at radius 2 is 1.67 bits per heavy atom. The molecule has 0 aromatic heterocycles. The summed E-state index contributed by atoms with van der Waals surface area (Å²) in [5, 5.41) is 22.7. The fraction of sp³-hybridized carbons (Fsp3) is 0.833. The van der Waals surface area contributed by atoms with E-state index < -0.39 is 18.1 Å². The Hall–Kier alpha value is -1.30. The van der Waals surface area contributed by atoms with Gasteiger partial charge in [0.25, 0.3) is 0 Å². The normalized spacial score (nSPS) is 19.4. The van der Waals surface area contributed by atoms with E-state index in [4.69, 9.17) is 10.2 Å². The van der Waals surface area contributed by atoms with Gasteiger partial charge >= 0.3 is 12.0 Å². The lowest BCUT2D eigenvalue weighted by Crippen LogP contribution is -2.46. The average Bonchev–Trinajstić information content (AvgIpc) is 2.29. The van der Waals surface area contributed by atoms with Crippen LogP contribution in [0.3, 0.4) is 0 Å². The summed E-state index contributed by atoms with van der Waals surface area (Å²) in [6, 6.07) is -0.242. The lowest BCUT2D eigenvalue weighted by Gasteiger charge is -2.21. The van der Waals surface area contributed by atoms with E-state index in [9.17, 15) is 9.59 Å². The van der Waals surface area contributed by atoms with E-state index in [0.29, 0.717) is 0 Å². The van der Waals surface area contributed by atoms with E-state index in [2.05, 4.69) is 10.6 Å². The Morgan fingerprint density at radius 1 is 1.11 bits per heavy atom. The monoisotopic (exact) mass is 258 g/mol. The van der Waals surface area contributed by atoms with Crippen LogP contribution in [0.5, 0.6) is 0 Å². The molecule has 1 rings (SSSR count). The molecule has 1 aliphatic carbocycles. The topological polar surface area (TPSA) is 98.7 Å². The fourth-order valence-electron chi connectivity index (χ4n) is 2.11. The number of carboxylic acids is 1. The van der Waals surface area contributed by atoms with Gasteiger partial charge in [-0.15, -0.1) is 0 Å². The van der Waals surface area contributed by atoms with Crippen LogP contribution in [-0.4, -0.2) is 40.9 Å². The molecule has 0 spiro atoms. The van der Waals surface area contributed by atoms with E-state index in [-0.39, 0.29) is 12.6 Å². The predicted octanol–water partition coefficient (Wildman–Crippen LogP) is 0.844. The Bertz CT molecular complexity index is 275. The maximum Gasteiger partial charge on any atom is 0.334 e. The first kappa shape index (κ1) is 14.8. The van der Waals surface area contributed by atoms with Gasteiger partial charge < -0.3 is 20.8 Å². The van der Waals surface area contributed by atoms with Crippen molar-refractivity contribution in [3.05, 3.63) is 0 Å². The minimum absolute atomic E-state index is 0.160. The van der Waals surface area contributed by atoms with Crippen LogP contribution in [-0.2, 0) is 4.79 Å². The minimum Gasteiger partial charge on any atom is -0.479 e. The van der Waals surface area contributed by atoms with Crippen molar-refractivity contribution >= 4 is 12.0 Å². The molecule has 0 aromatic rings. The standard InChI is InChI=1S/C12H22N2O4/c15-10(11(16)17)8-13-12(18)14-9-6-4-2-1-3-5-7-9/h9-10,15H,1-8H2,(H,16,17)(H2,13,14,18). The van der Waals surface area contributed by atoms with Gasteiger partial charge in [-0.3, -0.25) is 0 Å². The number of hydrogen-bond acceptors (Lipinski definition) is 3. The molecule has 1 atom stereocenters. The number of carbonyl (C=O) groups is 2. The zero-order chi connectivity index (χ0) is 13.4. The molecule has 104 valence electrons. The van der Waals surface area contributed by atoms with E-state index in [1.807, 2.05) is 0 Å². The Kier molecular flexibility index (Phi) is 6.49. The van der Waals surface area contributed by atoms with Crippen molar-refractivity contribution in [1.82, 2.24) is 10.6 Å². The van der Waals surface area contributed by atoms with Crippen LogP contribution in [0.1, 0.15) is 44.9 Å². The third-order valence-electron chi connectivity index (χ3n) is 3.18. The number of aliphatic hydroxyl groups excluding tert-OH is 1. The Morgan fingerprint density at radius 3 is 2.22 bits per heavy atom. The van der Waals surface area contributed by atoms with Gasteiger partial charge in [-0.05, 0) is 12.8 Å². The second-order valence-electron chi connectivity index (χ2n) is 4.75. The molecule has 1 aliphatic rings. The highest BCUT2D eigenvalue weighted by Crippen LogP contribution is 2.16. The van der Waals surface area contributed by atoms with Crippen LogP contribution >= 0.6 is 0 Å². The highest BCUT2D eigenvalue weighted by Gasteiger charge is 2.16. The summed E-state index contributed by atoms with van der Waals surface area (Å²) in [4.78, 5) is 21.9. The average molecular weight is 258 g/mol. The predicted molar refractivity (Wildman–Crippen MR) is 66.3 cm³/mol. The van der Waals surface area contributed by atoms with Crippen LogP contribution in [0.25, 0.3) is 0 Å². The van der Waals surface area contributed by atoms with Gasteiger partial charge in [0.1, 0.15) is 0 Å². The quantitative estimate of drug-likeness (QED) is 0.600. The highest BCUT2D eigenvalue weighted by atomic mass is 16.4. The van der Waals surface area contributed by atoms with Crippen LogP contribution in [0, 0.1) is 0 Å². The molecule has 0 aliphatic heterocycles. The van der Waals surface area contributed by atoms with Crippen molar-refractivity contribution in [1.29, 1.82) is 0 Å². The largest absolute Gasteiger partial charge is 0.479 e. The molecular weight excluding hydrogens is 236 g/mol. The van der Waals surface area contributed by atoms with E-state index >= 15 is 0 Å². The summed E-state index contributed by atoms with van der Waals surface area (Å²) in [7, 11) is 0. The third kappa shape index (κ3) is 5.86. The van der Waals surface area contributed by atoms with Crippen molar-refractivity contribution in [2.24, 2.45) is 0 Å². The van der Waals surface area contributed by atoms with Gasteiger partial charge in [-0.25, -0.2) is 9.59 Å². The maximum atomic E-state index is 11.5. The fourth-order valence-corrected chi connectivity index (χ4v) is 2.11. The first-order valence-corrected chi connectivity index (χ1v) is 6.55. The first-order chi connectivity index (χ1) is 8.59.